The smallest absolute Gasteiger partial charge is 0.321 e. The van der Waals surface area contributed by atoms with Gasteiger partial charge in [0.1, 0.15) is 5.75 Å². The maximum atomic E-state index is 12.1. The molecule has 6 nitrogen and oxygen atoms in total. The summed E-state index contributed by atoms with van der Waals surface area (Å²) in [6, 6.07) is 8.71. The first-order chi connectivity index (χ1) is 10.3. The fraction of sp³-hybridized carbons (Fsp3) is 0. The monoisotopic (exact) mass is 298 g/mol. The van der Waals surface area contributed by atoms with E-state index in [1.807, 2.05) is 0 Å². The molecule has 0 saturated carbocycles. The molecule has 0 aliphatic heterocycles. The largest absolute Gasteiger partial charge is 0.424 e. The molecule has 0 unspecified atom stereocenters. The van der Waals surface area contributed by atoms with Crippen LogP contribution in [-0.4, -0.2) is 20.9 Å². The Balaban J connectivity index is 1.75. The van der Waals surface area contributed by atoms with Crippen LogP contribution in [0.15, 0.2) is 54.3 Å². The lowest BCUT2D eigenvalue weighted by molar-refractivity contribution is 0.102. The summed E-state index contributed by atoms with van der Waals surface area (Å²) in [7, 11) is 0. The minimum Gasteiger partial charge on any atom is -0.424 e. The van der Waals surface area contributed by atoms with Crippen LogP contribution in [0.3, 0.4) is 0 Å². The van der Waals surface area contributed by atoms with Crippen molar-refractivity contribution in [3.63, 3.8) is 0 Å². The fourth-order valence-corrected chi connectivity index (χ4v) is 2.12. The zero-order chi connectivity index (χ0) is 14.5. The van der Waals surface area contributed by atoms with Gasteiger partial charge in [-0.2, -0.15) is 0 Å². The van der Waals surface area contributed by atoms with Crippen molar-refractivity contribution in [2.75, 3.05) is 5.32 Å². The minimum atomic E-state index is -0.246. The third-order valence-electron chi connectivity index (χ3n) is 2.50. The summed E-state index contributed by atoms with van der Waals surface area (Å²) < 4.78 is 5.49. The van der Waals surface area contributed by atoms with Crippen molar-refractivity contribution in [2.45, 2.75) is 0 Å². The Kier molecular flexibility index (Phi) is 3.83. The molecule has 0 radical (unpaired) electrons. The first-order valence-corrected chi connectivity index (χ1v) is 6.95. The van der Waals surface area contributed by atoms with Crippen LogP contribution in [0, 0.1) is 0 Å². The van der Waals surface area contributed by atoms with Gasteiger partial charge in [-0.3, -0.25) is 10.1 Å². The van der Waals surface area contributed by atoms with E-state index >= 15 is 0 Å². The highest BCUT2D eigenvalue weighted by atomic mass is 32.1. The number of hydrogen-bond acceptors (Lipinski definition) is 6. The summed E-state index contributed by atoms with van der Waals surface area (Å²) in [6.45, 7) is 0. The number of nitrogens with zero attached hydrogens (tertiary/aromatic N) is 3. The Morgan fingerprint density at radius 1 is 1.10 bits per heavy atom. The number of thiazole rings is 1. The van der Waals surface area contributed by atoms with E-state index in [2.05, 4.69) is 20.3 Å². The minimum absolute atomic E-state index is 0.231. The first-order valence-electron chi connectivity index (χ1n) is 6.07. The lowest BCUT2D eigenvalue weighted by atomic mass is 10.2. The lowest BCUT2D eigenvalue weighted by Gasteiger charge is -2.05. The van der Waals surface area contributed by atoms with Gasteiger partial charge in [0.15, 0.2) is 5.13 Å². The Labute approximate surface area is 124 Å². The second kappa shape index (κ2) is 6.10. The van der Waals surface area contributed by atoms with Gasteiger partial charge in [0.2, 0.25) is 0 Å². The SMILES string of the molecule is O=C(Nc1nccs1)c1cccc(Oc2ncccn2)c1. The van der Waals surface area contributed by atoms with Crippen LogP contribution in [-0.2, 0) is 0 Å². The normalized spacial score (nSPS) is 10.1. The Morgan fingerprint density at radius 3 is 2.71 bits per heavy atom. The molecule has 104 valence electrons. The summed E-state index contributed by atoms with van der Waals surface area (Å²) in [6.07, 6.45) is 4.80. The number of carbonyl (C=O) groups excluding carboxylic acids is 1. The maximum absolute atomic E-state index is 12.1. The molecule has 0 saturated heterocycles. The lowest BCUT2D eigenvalue weighted by Crippen LogP contribution is -2.11. The molecule has 2 heterocycles. The highest BCUT2D eigenvalue weighted by Crippen LogP contribution is 2.19. The van der Waals surface area contributed by atoms with E-state index in [0.29, 0.717) is 16.4 Å². The molecule has 1 aromatic carbocycles. The second-order valence-electron chi connectivity index (χ2n) is 3.95. The summed E-state index contributed by atoms with van der Waals surface area (Å²) >= 11 is 1.36. The van der Waals surface area contributed by atoms with E-state index in [1.165, 1.54) is 11.3 Å². The van der Waals surface area contributed by atoms with Crippen LogP contribution in [0.1, 0.15) is 10.4 Å². The molecule has 0 bridgehead atoms. The molecule has 21 heavy (non-hydrogen) atoms. The molecule has 3 aromatic rings. The van der Waals surface area contributed by atoms with E-state index in [9.17, 15) is 4.79 Å². The number of nitrogens with one attached hydrogen (secondary N) is 1. The predicted molar refractivity (Wildman–Crippen MR) is 78.6 cm³/mol. The zero-order valence-corrected chi connectivity index (χ0v) is 11.6. The number of ether oxygens (including phenoxy) is 1. The van der Waals surface area contributed by atoms with Crippen molar-refractivity contribution in [3.05, 3.63) is 59.9 Å². The number of amides is 1. The fourth-order valence-electron chi connectivity index (χ4n) is 1.60. The molecule has 3 rings (SSSR count). The van der Waals surface area contributed by atoms with Crippen molar-refractivity contribution in [1.82, 2.24) is 15.0 Å². The third-order valence-corrected chi connectivity index (χ3v) is 3.19. The van der Waals surface area contributed by atoms with Gasteiger partial charge in [0.25, 0.3) is 5.91 Å². The van der Waals surface area contributed by atoms with Crippen molar-refractivity contribution >= 4 is 22.4 Å². The van der Waals surface area contributed by atoms with Crippen LogP contribution in [0.5, 0.6) is 11.8 Å². The standard InChI is InChI=1S/C14H10N4O2S/c19-12(18-14-17-7-8-21-14)10-3-1-4-11(9-10)20-13-15-5-2-6-16-13/h1-9H,(H,17,18,19). The molecular weight excluding hydrogens is 288 g/mol. The van der Waals surface area contributed by atoms with Crippen molar-refractivity contribution in [3.8, 4) is 11.8 Å². The van der Waals surface area contributed by atoms with Crippen molar-refractivity contribution in [2.24, 2.45) is 0 Å². The average Bonchev–Trinajstić information content (AvgIpc) is 3.01. The number of benzene rings is 1. The third kappa shape index (κ3) is 3.40. The Hall–Kier alpha value is -2.80. The first kappa shape index (κ1) is 13.2. The molecule has 1 amide bonds. The molecule has 7 heteroatoms. The number of carbonyl (C=O) groups is 1. The van der Waals surface area contributed by atoms with Gasteiger partial charge in [-0.05, 0) is 24.3 Å². The number of anilines is 1. The quantitative estimate of drug-likeness (QED) is 0.801. The van der Waals surface area contributed by atoms with Gasteiger partial charge in [-0.25, -0.2) is 15.0 Å². The summed E-state index contributed by atoms with van der Waals surface area (Å²) in [5.74, 6) is 0.248. The van der Waals surface area contributed by atoms with Crippen LogP contribution in [0.2, 0.25) is 0 Å². The molecular formula is C14H10N4O2S. The molecule has 0 aliphatic rings. The molecule has 0 atom stereocenters. The summed E-state index contributed by atoms with van der Waals surface area (Å²) in [4.78, 5) is 24.0. The van der Waals surface area contributed by atoms with E-state index < -0.39 is 0 Å². The summed E-state index contributed by atoms with van der Waals surface area (Å²) in [5.41, 5.74) is 0.471. The highest BCUT2D eigenvalue weighted by molar-refractivity contribution is 7.13. The van der Waals surface area contributed by atoms with Crippen LogP contribution < -0.4 is 10.1 Å². The van der Waals surface area contributed by atoms with Crippen LogP contribution >= 0.6 is 11.3 Å². The molecule has 0 aliphatic carbocycles. The molecule has 0 fully saturated rings. The molecule has 2 aromatic heterocycles. The van der Waals surface area contributed by atoms with Crippen molar-refractivity contribution in [1.29, 1.82) is 0 Å². The number of rotatable bonds is 4. The zero-order valence-electron chi connectivity index (χ0n) is 10.8. The number of hydrogen-bond donors (Lipinski definition) is 1. The summed E-state index contributed by atoms with van der Waals surface area (Å²) in [5, 5.41) is 5.06. The van der Waals surface area contributed by atoms with Gasteiger partial charge >= 0.3 is 6.01 Å². The van der Waals surface area contributed by atoms with Gasteiger partial charge in [-0.15, -0.1) is 11.3 Å². The van der Waals surface area contributed by atoms with Gasteiger partial charge < -0.3 is 4.74 Å². The Morgan fingerprint density at radius 2 is 1.95 bits per heavy atom. The average molecular weight is 298 g/mol. The molecule has 0 spiro atoms. The Bertz CT molecular complexity index is 732. The molecule has 1 N–H and O–H groups in total. The second-order valence-corrected chi connectivity index (χ2v) is 4.85. The van der Waals surface area contributed by atoms with Crippen LogP contribution in [0.4, 0.5) is 5.13 Å². The van der Waals surface area contributed by atoms with E-state index in [0.717, 1.165) is 0 Å². The highest BCUT2D eigenvalue weighted by Gasteiger charge is 2.09. The van der Waals surface area contributed by atoms with Crippen LogP contribution in [0.25, 0.3) is 0 Å². The van der Waals surface area contributed by atoms with E-state index in [4.69, 9.17) is 4.74 Å². The van der Waals surface area contributed by atoms with Crippen molar-refractivity contribution < 1.29 is 9.53 Å². The number of aromatic nitrogens is 3. The van der Waals surface area contributed by atoms with E-state index in [1.54, 1.807) is 54.3 Å². The van der Waals surface area contributed by atoms with Gasteiger partial charge in [-0.1, -0.05) is 6.07 Å². The topological polar surface area (TPSA) is 77.0 Å². The predicted octanol–water partition coefficient (Wildman–Crippen LogP) is 2.98. The van der Waals surface area contributed by atoms with E-state index in [-0.39, 0.29) is 11.9 Å². The van der Waals surface area contributed by atoms with Gasteiger partial charge in [0, 0.05) is 29.5 Å². The van der Waals surface area contributed by atoms with Gasteiger partial charge in [0.05, 0.1) is 0 Å². The maximum Gasteiger partial charge on any atom is 0.321 e.